The maximum absolute atomic E-state index is 11.4. The van der Waals surface area contributed by atoms with Gasteiger partial charge in [0.2, 0.25) is 15.9 Å². The van der Waals surface area contributed by atoms with E-state index < -0.39 is 10.0 Å². The van der Waals surface area contributed by atoms with Crippen molar-refractivity contribution < 1.29 is 13.2 Å². The molecule has 1 rings (SSSR count). The molecule has 1 unspecified atom stereocenters. The normalized spacial score (nSPS) is 18.8. The number of sulfonamides is 1. The van der Waals surface area contributed by atoms with Crippen LogP contribution in [0.2, 0.25) is 0 Å². The van der Waals surface area contributed by atoms with Gasteiger partial charge in [-0.3, -0.25) is 9.79 Å². The summed E-state index contributed by atoms with van der Waals surface area (Å²) in [4.78, 5) is 17.7. The molecule has 0 aromatic heterocycles. The predicted octanol–water partition coefficient (Wildman–Crippen LogP) is 0.0966. The van der Waals surface area contributed by atoms with Crippen LogP contribution in [-0.2, 0) is 14.8 Å². The smallest absolute Gasteiger partial charge is 0.217 e. The first kappa shape index (κ1) is 23.4. The van der Waals surface area contributed by atoms with Gasteiger partial charge in [0, 0.05) is 32.6 Å². The minimum atomic E-state index is -3.18. The highest BCUT2D eigenvalue weighted by Gasteiger charge is 2.23. The molecular formula is C14H30IN5O3S. The highest BCUT2D eigenvalue weighted by Crippen LogP contribution is 2.19. The van der Waals surface area contributed by atoms with Crippen LogP contribution in [0.3, 0.4) is 0 Å². The largest absolute Gasteiger partial charge is 0.370 e. The van der Waals surface area contributed by atoms with Crippen LogP contribution < -0.4 is 15.8 Å². The van der Waals surface area contributed by atoms with Crippen molar-refractivity contribution >= 4 is 45.9 Å². The Balaban J connectivity index is 0.00000529. The van der Waals surface area contributed by atoms with E-state index in [1.165, 1.54) is 0 Å². The second kappa shape index (κ2) is 11.9. The maximum Gasteiger partial charge on any atom is 0.217 e. The number of halogens is 1. The van der Waals surface area contributed by atoms with E-state index in [-0.39, 0.29) is 48.1 Å². The molecule has 4 N–H and O–H groups in total. The van der Waals surface area contributed by atoms with Gasteiger partial charge in [-0.15, -0.1) is 24.0 Å². The second-order valence-electron chi connectivity index (χ2n) is 5.66. The Labute approximate surface area is 162 Å². The molecule has 10 heteroatoms. The summed E-state index contributed by atoms with van der Waals surface area (Å²) in [5.41, 5.74) is 5.29. The molecule has 1 fully saturated rings. The standard InChI is InChI=1S/C14H29N5O3S.HI/c1-3-16-14(17-7-8-18-23(21,22)4-2)19-9-5-6-12(11-19)10-13(15)20;/h12,18H,3-11H2,1-2H3,(H2,15,20)(H,16,17);1H. The van der Waals surface area contributed by atoms with Gasteiger partial charge in [-0.1, -0.05) is 0 Å². The molecule has 0 aliphatic carbocycles. The van der Waals surface area contributed by atoms with Crippen molar-refractivity contribution in [1.29, 1.82) is 0 Å². The molecule has 8 nitrogen and oxygen atoms in total. The van der Waals surface area contributed by atoms with E-state index >= 15 is 0 Å². The molecule has 24 heavy (non-hydrogen) atoms. The molecule has 1 saturated heterocycles. The first-order chi connectivity index (χ1) is 10.9. The van der Waals surface area contributed by atoms with Gasteiger partial charge in [0.05, 0.1) is 12.3 Å². The first-order valence-electron chi connectivity index (χ1n) is 8.16. The summed E-state index contributed by atoms with van der Waals surface area (Å²) in [6.45, 7) is 6.60. The van der Waals surface area contributed by atoms with Crippen LogP contribution in [0.15, 0.2) is 4.99 Å². The lowest BCUT2D eigenvalue weighted by atomic mass is 9.95. The Hall–Kier alpha value is -0.620. The van der Waals surface area contributed by atoms with Crippen molar-refractivity contribution in [1.82, 2.24) is 14.9 Å². The quantitative estimate of drug-likeness (QED) is 0.199. The molecule has 1 aliphatic rings. The highest BCUT2D eigenvalue weighted by atomic mass is 127. The lowest BCUT2D eigenvalue weighted by Crippen LogP contribution is -2.47. The van der Waals surface area contributed by atoms with E-state index in [4.69, 9.17) is 5.73 Å². The van der Waals surface area contributed by atoms with Gasteiger partial charge in [-0.2, -0.15) is 0 Å². The third-order valence-corrected chi connectivity index (χ3v) is 5.12. The van der Waals surface area contributed by atoms with Crippen LogP contribution in [0.4, 0.5) is 0 Å². The number of primary amides is 1. The number of aliphatic imine (C=N–C) groups is 1. The third kappa shape index (κ3) is 9.02. The van der Waals surface area contributed by atoms with Crippen LogP contribution in [-0.4, -0.2) is 63.7 Å². The molecule has 0 spiro atoms. The Morgan fingerprint density at radius 2 is 2.08 bits per heavy atom. The minimum Gasteiger partial charge on any atom is -0.370 e. The van der Waals surface area contributed by atoms with Crippen molar-refractivity contribution in [3.63, 3.8) is 0 Å². The number of hydrogen-bond donors (Lipinski definition) is 3. The third-order valence-electron chi connectivity index (χ3n) is 3.72. The van der Waals surface area contributed by atoms with Gasteiger partial charge in [0.15, 0.2) is 5.96 Å². The van der Waals surface area contributed by atoms with E-state index in [0.29, 0.717) is 13.0 Å². The lowest BCUT2D eigenvalue weighted by Gasteiger charge is -2.34. The number of carbonyl (C=O) groups is 1. The number of rotatable bonds is 8. The van der Waals surface area contributed by atoms with E-state index in [9.17, 15) is 13.2 Å². The highest BCUT2D eigenvalue weighted by molar-refractivity contribution is 14.0. The van der Waals surface area contributed by atoms with Gasteiger partial charge < -0.3 is 16.0 Å². The average Bonchev–Trinajstić information content (AvgIpc) is 2.50. The number of likely N-dealkylation sites (tertiary alicyclic amines) is 1. The van der Waals surface area contributed by atoms with E-state index in [1.54, 1.807) is 6.92 Å². The summed E-state index contributed by atoms with van der Waals surface area (Å²) >= 11 is 0. The van der Waals surface area contributed by atoms with Gasteiger partial charge >= 0.3 is 0 Å². The molecule has 142 valence electrons. The summed E-state index contributed by atoms with van der Waals surface area (Å²) in [7, 11) is -3.18. The predicted molar refractivity (Wildman–Crippen MR) is 107 cm³/mol. The molecular weight excluding hydrogens is 445 g/mol. The number of hydrogen-bond acceptors (Lipinski definition) is 4. The zero-order valence-electron chi connectivity index (χ0n) is 14.5. The second-order valence-corrected chi connectivity index (χ2v) is 7.75. The zero-order valence-corrected chi connectivity index (χ0v) is 17.6. The molecule has 1 heterocycles. The lowest BCUT2D eigenvalue weighted by molar-refractivity contribution is -0.119. The van der Waals surface area contributed by atoms with E-state index in [1.807, 2.05) is 6.92 Å². The summed E-state index contributed by atoms with van der Waals surface area (Å²) in [5.74, 6) is 0.811. The Morgan fingerprint density at radius 3 is 2.67 bits per heavy atom. The van der Waals surface area contributed by atoms with Crippen molar-refractivity contribution in [2.45, 2.75) is 33.1 Å². The Bertz CT molecular complexity index is 513. The fourth-order valence-corrected chi connectivity index (χ4v) is 3.21. The molecule has 0 saturated carbocycles. The number of carbonyl (C=O) groups excluding carboxylic acids is 1. The van der Waals surface area contributed by atoms with Crippen molar-refractivity contribution in [2.24, 2.45) is 16.6 Å². The molecule has 1 amide bonds. The molecule has 1 atom stereocenters. The summed E-state index contributed by atoms with van der Waals surface area (Å²) in [6, 6.07) is 0. The van der Waals surface area contributed by atoms with E-state index in [0.717, 1.165) is 38.4 Å². The number of nitrogens with two attached hydrogens (primary N) is 1. The van der Waals surface area contributed by atoms with Crippen LogP contribution in [0.25, 0.3) is 0 Å². The van der Waals surface area contributed by atoms with Crippen LogP contribution in [0.5, 0.6) is 0 Å². The Morgan fingerprint density at radius 1 is 1.38 bits per heavy atom. The number of guanidine groups is 1. The molecule has 0 aromatic rings. The average molecular weight is 475 g/mol. The molecule has 1 aliphatic heterocycles. The van der Waals surface area contributed by atoms with Gasteiger partial charge in [-0.05, 0) is 32.6 Å². The first-order valence-corrected chi connectivity index (χ1v) is 9.82. The maximum atomic E-state index is 11.4. The SMILES string of the molecule is CCNC(=NCCNS(=O)(=O)CC)N1CCCC(CC(N)=O)C1.I. The Kier molecular flexibility index (Phi) is 11.5. The fraction of sp³-hybridized carbons (Fsp3) is 0.857. The minimum absolute atomic E-state index is 0. The number of amides is 1. The van der Waals surface area contributed by atoms with Gasteiger partial charge in [-0.25, -0.2) is 13.1 Å². The molecule has 0 radical (unpaired) electrons. The number of nitrogens with zero attached hydrogens (tertiary/aromatic N) is 2. The van der Waals surface area contributed by atoms with Gasteiger partial charge in [0.25, 0.3) is 0 Å². The van der Waals surface area contributed by atoms with Crippen molar-refractivity contribution in [3.8, 4) is 0 Å². The van der Waals surface area contributed by atoms with Crippen molar-refractivity contribution in [3.05, 3.63) is 0 Å². The summed E-state index contributed by atoms with van der Waals surface area (Å²) < 4.78 is 25.3. The summed E-state index contributed by atoms with van der Waals surface area (Å²) in [6.07, 6.45) is 2.38. The van der Waals surface area contributed by atoms with Crippen LogP contribution in [0, 0.1) is 5.92 Å². The van der Waals surface area contributed by atoms with E-state index in [2.05, 4.69) is 19.9 Å². The van der Waals surface area contributed by atoms with Crippen LogP contribution in [0.1, 0.15) is 33.1 Å². The number of nitrogens with one attached hydrogen (secondary N) is 2. The monoisotopic (exact) mass is 475 g/mol. The van der Waals surface area contributed by atoms with Crippen molar-refractivity contribution in [2.75, 3.05) is 38.5 Å². The topological polar surface area (TPSA) is 117 Å². The zero-order chi connectivity index (χ0) is 17.3. The van der Waals surface area contributed by atoms with Gasteiger partial charge in [0.1, 0.15) is 0 Å². The molecule has 0 aromatic carbocycles. The fourth-order valence-electron chi connectivity index (χ4n) is 2.60. The van der Waals surface area contributed by atoms with Crippen LogP contribution >= 0.6 is 24.0 Å². The number of piperidine rings is 1. The summed E-state index contributed by atoms with van der Waals surface area (Å²) in [5, 5.41) is 3.22. The molecule has 0 bridgehead atoms.